The molecule has 0 atom stereocenters. The Balaban J connectivity index is 1.54. The largest absolute Gasteiger partial charge is 0.302 e. The Morgan fingerprint density at radius 1 is 1.04 bits per heavy atom. The van der Waals surface area contributed by atoms with E-state index >= 15 is 0 Å². The fourth-order valence-electron chi connectivity index (χ4n) is 2.38. The standard InChI is InChI=1S/C19H16F2N2OS/c20-16-8-6-14(11-17(16)21)10-15-12-22-19(25-15)23-18(24)9-7-13-4-2-1-3-5-13/h1-6,8,11-12H,7,9-10H2,(H,22,23,24). The van der Waals surface area contributed by atoms with Gasteiger partial charge in [0.2, 0.25) is 5.91 Å². The normalized spacial score (nSPS) is 10.6. The van der Waals surface area contributed by atoms with Gasteiger partial charge in [-0.3, -0.25) is 4.79 Å². The average molecular weight is 358 g/mol. The van der Waals surface area contributed by atoms with Gasteiger partial charge >= 0.3 is 0 Å². The van der Waals surface area contributed by atoms with E-state index in [1.54, 1.807) is 6.20 Å². The predicted octanol–water partition coefficient (Wildman–Crippen LogP) is 4.58. The van der Waals surface area contributed by atoms with Crippen LogP contribution >= 0.6 is 11.3 Å². The second-order valence-corrected chi connectivity index (χ2v) is 6.71. The third-order valence-electron chi connectivity index (χ3n) is 3.65. The van der Waals surface area contributed by atoms with Gasteiger partial charge in [0, 0.05) is 23.9 Å². The third kappa shape index (κ3) is 4.93. The number of anilines is 1. The van der Waals surface area contributed by atoms with E-state index in [1.807, 2.05) is 30.3 Å². The summed E-state index contributed by atoms with van der Waals surface area (Å²) in [5, 5.41) is 3.28. The van der Waals surface area contributed by atoms with Gasteiger partial charge in [0.1, 0.15) is 0 Å². The highest BCUT2D eigenvalue weighted by atomic mass is 32.1. The Labute approximate surface area is 148 Å². The second-order valence-electron chi connectivity index (χ2n) is 5.59. The number of aryl methyl sites for hydroxylation is 1. The van der Waals surface area contributed by atoms with E-state index in [9.17, 15) is 13.6 Å². The van der Waals surface area contributed by atoms with E-state index in [0.29, 0.717) is 30.0 Å². The quantitative estimate of drug-likeness (QED) is 0.701. The van der Waals surface area contributed by atoms with Crippen molar-refractivity contribution in [3.8, 4) is 0 Å². The number of hydrogen-bond donors (Lipinski definition) is 1. The molecule has 1 amide bonds. The summed E-state index contributed by atoms with van der Waals surface area (Å²) in [4.78, 5) is 17.0. The topological polar surface area (TPSA) is 42.0 Å². The summed E-state index contributed by atoms with van der Waals surface area (Å²) < 4.78 is 26.2. The van der Waals surface area contributed by atoms with E-state index in [-0.39, 0.29) is 5.91 Å². The molecule has 0 saturated carbocycles. The van der Waals surface area contributed by atoms with E-state index in [4.69, 9.17) is 0 Å². The maximum Gasteiger partial charge on any atom is 0.226 e. The van der Waals surface area contributed by atoms with Crippen LogP contribution in [0.1, 0.15) is 22.4 Å². The van der Waals surface area contributed by atoms with Crippen molar-refractivity contribution >= 4 is 22.4 Å². The van der Waals surface area contributed by atoms with Crippen LogP contribution in [0.5, 0.6) is 0 Å². The monoisotopic (exact) mass is 358 g/mol. The molecule has 0 aliphatic heterocycles. The molecule has 25 heavy (non-hydrogen) atoms. The lowest BCUT2D eigenvalue weighted by Gasteiger charge is -2.02. The maximum atomic E-state index is 13.2. The molecule has 3 rings (SSSR count). The van der Waals surface area contributed by atoms with Gasteiger partial charge in [-0.15, -0.1) is 11.3 Å². The molecule has 6 heteroatoms. The van der Waals surface area contributed by atoms with Crippen LogP contribution in [0.25, 0.3) is 0 Å². The Kier molecular flexibility index (Phi) is 5.50. The number of amides is 1. The number of halogens is 2. The number of benzene rings is 2. The average Bonchev–Trinajstić information content (AvgIpc) is 3.04. The van der Waals surface area contributed by atoms with Crippen LogP contribution in [-0.2, 0) is 17.6 Å². The Bertz CT molecular complexity index is 865. The number of carbonyl (C=O) groups is 1. The molecular weight excluding hydrogens is 342 g/mol. The summed E-state index contributed by atoms with van der Waals surface area (Å²) in [5.41, 5.74) is 1.76. The molecule has 1 aromatic heterocycles. The van der Waals surface area contributed by atoms with Gasteiger partial charge in [0.15, 0.2) is 16.8 Å². The lowest BCUT2D eigenvalue weighted by molar-refractivity contribution is -0.116. The molecule has 0 radical (unpaired) electrons. The fourth-order valence-corrected chi connectivity index (χ4v) is 3.24. The molecule has 0 fully saturated rings. The first kappa shape index (κ1) is 17.2. The van der Waals surface area contributed by atoms with Gasteiger partial charge < -0.3 is 5.32 Å². The van der Waals surface area contributed by atoms with Crippen molar-refractivity contribution in [2.24, 2.45) is 0 Å². The van der Waals surface area contributed by atoms with Crippen LogP contribution in [0.2, 0.25) is 0 Å². The summed E-state index contributed by atoms with van der Waals surface area (Å²) in [6.07, 6.45) is 3.12. The molecule has 128 valence electrons. The number of nitrogens with one attached hydrogen (secondary N) is 1. The summed E-state index contributed by atoms with van der Waals surface area (Å²) in [7, 11) is 0. The number of carbonyl (C=O) groups excluding carboxylic acids is 1. The minimum absolute atomic E-state index is 0.0995. The summed E-state index contributed by atoms with van der Waals surface area (Å²) >= 11 is 1.33. The van der Waals surface area contributed by atoms with Gasteiger partial charge in [-0.1, -0.05) is 36.4 Å². The Morgan fingerprint density at radius 3 is 2.60 bits per heavy atom. The van der Waals surface area contributed by atoms with Gasteiger partial charge in [0.05, 0.1) is 0 Å². The first-order valence-electron chi connectivity index (χ1n) is 7.82. The second kappa shape index (κ2) is 7.98. The minimum Gasteiger partial charge on any atom is -0.302 e. The van der Waals surface area contributed by atoms with Crippen molar-refractivity contribution in [2.45, 2.75) is 19.3 Å². The summed E-state index contributed by atoms with van der Waals surface area (Å²) in [5.74, 6) is -1.83. The highest BCUT2D eigenvalue weighted by Crippen LogP contribution is 2.22. The third-order valence-corrected chi connectivity index (χ3v) is 4.56. The predicted molar refractivity (Wildman–Crippen MR) is 94.7 cm³/mol. The van der Waals surface area contributed by atoms with Gasteiger partial charge in [0.25, 0.3) is 0 Å². The Morgan fingerprint density at radius 2 is 1.84 bits per heavy atom. The van der Waals surface area contributed by atoms with Crippen molar-refractivity contribution < 1.29 is 13.6 Å². The molecule has 0 saturated heterocycles. The zero-order valence-electron chi connectivity index (χ0n) is 13.3. The van der Waals surface area contributed by atoms with Crippen LogP contribution in [0.15, 0.2) is 54.7 Å². The Hall–Kier alpha value is -2.60. The van der Waals surface area contributed by atoms with Crippen LogP contribution in [0.4, 0.5) is 13.9 Å². The molecule has 0 spiro atoms. The van der Waals surface area contributed by atoms with Gasteiger partial charge in [-0.2, -0.15) is 0 Å². The summed E-state index contributed by atoms with van der Waals surface area (Å²) in [6.45, 7) is 0. The van der Waals surface area contributed by atoms with Crippen molar-refractivity contribution in [2.75, 3.05) is 5.32 Å². The first-order chi connectivity index (χ1) is 12.1. The van der Waals surface area contributed by atoms with Crippen molar-refractivity contribution in [1.82, 2.24) is 4.98 Å². The minimum atomic E-state index is -0.864. The van der Waals surface area contributed by atoms with Crippen molar-refractivity contribution in [1.29, 1.82) is 0 Å². The number of hydrogen-bond acceptors (Lipinski definition) is 3. The van der Waals surface area contributed by atoms with Crippen molar-refractivity contribution in [3.63, 3.8) is 0 Å². The fraction of sp³-hybridized carbons (Fsp3) is 0.158. The van der Waals surface area contributed by atoms with E-state index < -0.39 is 11.6 Å². The maximum absolute atomic E-state index is 13.2. The molecule has 1 N–H and O–H groups in total. The molecule has 0 aliphatic carbocycles. The van der Waals surface area contributed by atoms with Crippen LogP contribution in [0, 0.1) is 11.6 Å². The van der Waals surface area contributed by atoms with E-state index in [1.165, 1.54) is 23.5 Å². The number of aromatic nitrogens is 1. The summed E-state index contributed by atoms with van der Waals surface area (Å²) in [6, 6.07) is 13.6. The van der Waals surface area contributed by atoms with Crippen molar-refractivity contribution in [3.05, 3.63) is 82.4 Å². The first-order valence-corrected chi connectivity index (χ1v) is 8.64. The van der Waals surface area contributed by atoms with Gasteiger partial charge in [-0.25, -0.2) is 13.8 Å². The molecule has 2 aromatic carbocycles. The van der Waals surface area contributed by atoms with Gasteiger partial charge in [-0.05, 0) is 29.7 Å². The highest BCUT2D eigenvalue weighted by molar-refractivity contribution is 7.15. The number of rotatable bonds is 6. The smallest absolute Gasteiger partial charge is 0.226 e. The highest BCUT2D eigenvalue weighted by Gasteiger charge is 2.09. The van der Waals surface area contributed by atoms with Crippen LogP contribution < -0.4 is 5.32 Å². The zero-order valence-corrected chi connectivity index (χ0v) is 14.2. The molecule has 3 nitrogen and oxygen atoms in total. The van der Waals surface area contributed by atoms with E-state index in [2.05, 4.69) is 10.3 Å². The lowest BCUT2D eigenvalue weighted by atomic mass is 10.1. The molecule has 0 aliphatic rings. The molecule has 3 aromatic rings. The number of nitrogens with zero attached hydrogens (tertiary/aromatic N) is 1. The van der Waals surface area contributed by atoms with Crippen LogP contribution in [-0.4, -0.2) is 10.9 Å². The molecule has 0 unspecified atom stereocenters. The van der Waals surface area contributed by atoms with E-state index in [0.717, 1.165) is 16.5 Å². The molecular formula is C19H16F2N2OS. The SMILES string of the molecule is O=C(CCc1ccccc1)Nc1ncc(Cc2ccc(F)c(F)c2)s1. The molecule has 1 heterocycles. The zero-order chi connectivity index (χ0) is 17.6. The molecule has 0 bridgehead atoms. The lowest BCUT2D eigenvalue weighted by Crippen LogP contribution is -2.11. The van der Waals surface area contributed by atoms with Crippen LogP contribution in [0.3, 0.4) is 0 Å². The number of thiazole rings is 1.